The van der Waals surface area contributed by atoms with Crippen LogP contribution in [-0.4, -0.2) is 32.9 Å². The molecule has 2 aromatic rings. The highest BCUT2D eigenvalue weighted by Crippen LogP contribution is 2.37. The van der Waals surface area contributed by atoms with Gasteiger partial charge in [-0.1, -0.05) is 45.9 Å². The molecule has 0 saturated carbocycles. The number of nitrogens with zero attached hydrogens (tertiary/aromatic N) is 1. The van der Waals surface area contributed by atoms with Gasteiger partial charge in [-0.3, -0.25) is 15.0 Å². The Hall–Kier alpha value is -2.36. The standard InChI is InChI=1S/C19H15BrN2O4S2/c1-2-26-15-8-12(13(20)10-14(15)23)9-16-18(25)22(19(27)28-16)21-17(24)11-6-4-3-5-7-11/h3-10,23H,2H2,1H3,(H,21,24)/b16-9-. The third kappa shape index (κ3) is 4.37. The Balaban J connectivity index is 1.83. The van der Waals surface area contributed by atoms with Gasteiger partial charge in [0.1, 0.15) is 0 Å². The van der Waals surface area contributed by atoms with Crippen LogP contribution >= 0.6 is 39.9 Å². The van der Waals surface area contributed by atoms with Crippen molar-refractivity contribution >= 4 is 62.1 Å². The molecule has 1 saturated heterocycles. The number of amides is 2. The maximum absolute atomic E-state index is 12.7. The monoisotopic (exact) mass is 478 g/mol. The van der Waals surface area contributed by atoms with Crippen molar-refractivity contribution in [2.45, 2.75) is 6.92 Å². The van der Waals surface area contributed by atoms with E-state index in [4.69, 9.17) is 17.0 Å². The number of benzene rings is 2. The van der Waals surface area contributed by atoms with Crippen LogP contribution in [0.2, 0.25) is 0 Å². The average Bonchev–Trinajstić information content (AvgIpc) is 2.93. The van der Waals surface area contributed by atoms with Gasteiger partial charge < -0.3 is 9.84 Å². The van der Waals surface area contributed by atoms with Crippen LogP contribution in [0.4, 0.5) is 0 Å². The van der Waals surface area contributed by atoms with Gasteiger partial charge in [0.25, 0.3) is 11.8 Å². The minimum atomic E-state index is -0.433. The molecule has 0 bridgehead atoms. The molecule has 6 nitrogen and oxygen atoms in total. The normalized spacial score (nSPS) is 15.2. The van der Waals surface area contributed by atoms with Crippen LogP contribution in [0.15, 0.2) is 51.8 Å². The molecule has 3 rings (SSSR count). The van der Waals surface area contributed by atoms with Crippen LogP contribution in [0.1, 0.15) is 22.8 Å². The number of hydrogen-bond donors (Lipinski definition) is 2. The largest absolute Gasteiger partial charge is 0.504 e. The molecule has 1 aliphatic rings. The minimum absolute atomic E-state index is 0.00597. The summed E-state index contributed by atoms with van der Waals surface area (Å²) in [6, 6.07) is 11.7. The minimum Gasteiger partial charge on any atom is -0.504 e. The van der Waals surface area contributed by atoms with Crippen LogP contribution in [0.25, 0.3) is 6.08 Å². The molecule has 0 atom stereocenters. The predicted octanol–water partition coefficient (Wildman–Crippen LogP) is 4.10. The van der Waals surface area contributed by atoms with E-state index in [1.165, 1.54) is 6.07 Å². The van der Waals surface area contributed by atoms with Crippen molar-refractivity contribution in [3.63, 3.8) is 0 Å². The van der Waals surface area contributed by atoms with Crippen molar-refractivity contribution in [3.8, 4) is 11.5 Å². The average molecular weight is 479 g/mol. The number of nitrogens with one attached hydrogen (secondary N) is 1. The summed E-state index contributed by atoms with van der Waals surface area (Å²) in [5.41, 5.74) is 3.59. The second-order valence-electron chi connectivity index (χ2n) is 5.60. The third-order valence-electron chi connectivity index (χ3n) is 3.71. The fourth-order valence-electron chi connectivity index (χ4n) is 2.40. The molecule has 0 aliphatic carbocycles. The van der Waals surface area contributed by atoms with Gasteiger partial charge in [-0.05, 0) is 55.0 Å². The van der Waals surface area contributed by atoms with Crippen molar-refractivity contribution in [2.75, 3.05) is 6.61 Å². The number of hydrazine groups is 1. The fourth-order valence-corrected chi connectivity index (χ4v) is 4.02. The Bertz CT molecular complexity index is 979. The summed E-state index contributed by atoms with van der Waals surface area (Å²) in [6.07, 6.45) is 1.63. The number of carbonyl (C=O) groups is 2. The van der Waals surface area contributed by atoms with Gasteiger partial charge in [-0.2, -0.15) is 5.01 Å². The van der Waals surface area contributed by atoms with Crippen molar-refractivity contribution in [2.24, 2.45) is 0 Å². The number of ether oxygens (including phenoxy) is 1. The summed E-state index contributed by atoms with van der Waals surface area (Å²) in [4.78, 5) is 25.4. The first-order valence-corrected chi connectivity index (χ1v) is 10.2. The molecular weight excluding hydrogens is 464 g/mol. The maximum Gasteiger partial charge on any atom is 0.285 e. The van der Waals surface area contributed by atoms with Crippen molar-refractivity contribution < 1.29 is 19.4 Å². The van der Waals surface area contributed by atoms with Crippen molar-refractivity contribution in [1.29, 1.82) is 0 Å². The zero-order valence-electron chi connectivity index (χ0n) is 14.6. The number of thioether (sulfide) groups is 1. The Morgan fingerprint density at radius 2 is 2.07 bits per heavy atom. The summed E-state index contributed by atoms with van der Waals surface area (Å²) in [7, 11) is 0. The van der Waals surface area contributed by atoms with E-state index >= 15 is 0 Å². The van der Waals surface area contributed by atoms with E-state index in [0.29, 0.717) is 32.9 Å². The molecule has 0 aromatic heterocycles. The Morgan fingerprint density at radius 3 is 2.75 bits per heavy atom. The highest BCUT2D eigenvalue weighted by atomic mass is 79.9. The molecule has 9 heteroatoms. The summed E-state index contributed by atoms with van der Waals surface area (Å²) < 4.78 is 6.19. The molecule has 0 spiro atoms. The number of thiocarbonyl (C=S) groups is 1. The second-order valence-corrected chi connectivity index (χ2v) is 8.13. The van der Waals surface area contributed by atoms with E-state index in [0.717, 1.165) is 16.8 Å². The van der Waals surface area contributed by atoms with E-state index in [-0.39, 0.29) is 10.1 Å². The van der Waals surface area contributed by atoms with E-state index in [9.17, 15) is 14.7 Å². The van der Waals surface area contributed by atoms with Gasteiger partial charge in [-0.25, -0.2) is 0 Å². The summed E-state index contributed by atoms with van der Waals surface area (Å²) >= 11 is 9.68. The van der Waals surface area contributed by atoms with Crippen LogP contribution in [0.3, 0.4) is 0 Å². The quantitative estimate of drug-likeness (QED) is 0.497. The first-order valence-electron chi connectivity index (χ1n) is 8.20. The van der Waals surface area contributed by atoms with Gasteiger partial charge in [0.15, 0.2) is 15.8 Å². The molecule has 1 aliphatic heterocycles. The van der Waals surface area contributed by atoms with Gasteiger partial charge in [0.2, 0.25) is 0 Å². The summed E-state index contributed by atoms with van der Waals surface area (Å²) in [5.74, 6) is -0.557. The second kappa shape index (κ2) is 8.76. The number of hydrogen-bond acceptors (Lipinski definition) is 6. The molecule has 2 N–H and O–H groups in total. The number of phenolic OH excluding ortho intramolecular Hbond substituents is 1. The third-order valence-corrected chi connectivity index (χ3v) is 5.70. The highest BCUT2D eigenvalue weighted by Gasteiger charge is 2.34. The number of halogens is 1. The summed E-state index contributed by atoms with van der Waals surface area (Å²) in [6.45, 7) is 2.20. The fraction of sp³-hybridized carbons (Fsp3) is 0.105. The van der Waals surface area contributed by atoms with Crippen LogP contribution in [-0.2, 0) is 4.79 Å². The molecule has 1 fully saturated rings. The van der Waals surface area contributed by atoms with Crippen LogP contribution < -0.4 is 10.2 Å². The van der Waals surface area contributed by atoms with Gasteiger partial charge >= 0.3 is 0 Å². The van der Waals surface area contributed by atoms with Gasteiger partial charge in [-0.15, -0.1) is 0 Å². The number of aromatic hydroxyl groups is 1. The lowest BCUT2D eigenvalue weighted by Crippen LogP contribution is -2.44. The first-order chi connectivity index (χ1) is 13.4. The zero-order valence-corrected chi connectivity index (χ0v) is 17.9. The van der Waals surface area contributed by atoms with Gasteiger partial charge in [0.05, 0.1) is 11.5 Å². The summed E-state index contributed by atoms with van der Waals surface area (Å²) in [5, 5.41) is 11.0. The SMILES string of the molecule is CCOc1cc(/C=C2\SC(=S)N(NC(=O)c3ccccc3)C2=O)c(Br)cc1O. The molecule has 0 unspecified atom stereocenters. The number of carbonyl (C=O) groups excluding carboxylic acids is 2. The molecule has 144 valence electrons. The van der Waals surface area contributed by atoms with Gasteiger partial charge in [0, 0.05) is 10.0 Å². The molecule has 2 aromatic carbocycles. The molecule has 28 heavy (non-hydrogen) atoms. The van der Waals surface area contributed by atoms with Crippen LogP contribution in [0.5, 0.6) is 11.5 Å². The van der Waals surface area contributed by atoms with Crippen LogP contribution in [0, 0.1) is 0 Å². The Morgan fingerprint density at radius 1 is 1.36 bits per heavy atom. The van der Waals surface area contributed by atoms with Crippen molar-refractivity contribution in [1.82, 2.24) is 10.4 Å². The molecule has 1 heterocycles. The topological polar surface area (TPSA) is 78.9 Å². The van der Waals surface area contributed by atoms with E-state index < -0.39 is 11.8 Å². The van der Waals surface area contributed by atoms with E-state index in [1.807, 2.05) is 6.92 Å². The van der Waals surface area contributed by atoms with E-state index in [1.54, 1.807) is 42.5 Å². The zero-order chi connectivity index (χ0) is 20.3. The smallest absolute Gasteiger partial charge is 0.285 e. The highest BCUT2D eigenvalue weighted by molar-refractivity contribution is 9.10. The number of rotatable bonds is 5. The first kappa shape index (κ1) is 20.4. The predicted molar refractivity (Wildman–Crippen MR) is 116 cm³/mol. The molecule has 2 amide bonds. The maximum atomic E-state index is 12.7. The van der Waals surface area contributed by atoms with Crippen molar-refractivity contribution in [3.05, 3.63) is 63.0 Å². The molecule has 0 radical (unpaired) electrons. The number of phenols is 1. The Kier molecular flexibility index (Phi) is 6.38. The van der Waals surface area contributed by atoms with E-state index in [2.05, 4.69) is 21.4 Å². The lowest BCUT2D eigenvalue weighted by Gasteiger charge is -2.15. The lowest BCUT2D eigenvalue weighted by molar-refractivity contribution is -0.123. The molecular formula is C19H15BrN2O4S2. The lowest BCUT2D eigenvalue weighted by atomic mass is 10.2. The Labute approximate surface area is 179 Å².